The van der Waals surface area contributed by atoms with Crippen LogP contribution >= 0.6 is 23.1 Å². The van der Waals surface area contributed by atoms with Crippen LogP contribution in [-0.2, 0) is 19.3 Å². The lowest BCUT2D eigenvalue weighted by molar-refractivity contribution is 0.686. The predicted molar refractivity (Wildman–Crippen MR) is 118 cm³/mol. The number of fused-ring (bicyclic) bond motifs is 5. The van der Waals surface area contributed by atoms with Crippen molar-refractivity contribution in [2.45, 2.75) is 64.5 Å². The molecule has 0 saturated carbocycles. The SMILES string of the molecule is CCCCc1nc2sc3c(NCC(C)C)nc(SC)nc3c2c2c1CCC2. The summed E-state index contributed by atoms with van der Waals surface area (Å²) in [5.74, 6) is 1.55. The van der Waals surface area contributed by atoms with Crippen molar-refractivity contribution in [3.8, 4) is 0 Å². The van der Waals surface area contributed by atoms with E-state index < -0.39 is 0 Å². The van der Waals surface area contributed by atoms with Crippen LogP contribution in [-0.4, -0.2) is 27.8 Å². The fraction of sp³-hybridized carbons (Fsp3) is 0.571. The summed E-state index contributed by atoms with van der Waals surface area (Å²) in [6, 6.07) is 0. The Morgan fingerprint density at radius 1 is 1.15 bits per heavy atom. The van der Waals surface area contributed by atoms with E-state index in [-0.39, 0.29) is 0 Å². The summed E-state index contributed by atoms with van der Waals surface area (Å²) in [6.45, 7) is 7.62. The third-order valence-electron chi connectivity index (χ3n) is 5.23. The number of nitrogens with one attached hydrogen (secondary N) is 1. The fourth-order valence-corrected chi connectivity index (χ4v) is 5.38. The second-order valence-corrected chi connectivity index (χ2v) is 9.54. The van der Waals surface area contributed by atoms with Gasteiger partial charge in [-0.15, -0.1) is 11.3 Å². The van der Waals surface area contributed by atoms with Gasteiger partial charge in [0.05, 0.1) is 10.2 Å². The Balaban J connectivity index is 1.94. The van der Waals surface area contributed by atoms with E-state index in [4.69, 9.17) is 15.0 Å². The molecular weight excluding hydrogens is 372 g/mol. The van der Waals surface area contributed by atoms with Gasteiger partial charge in [0, 0.05) is 17.6 Å². The number of pyridine rings is 1. The van der Waals surface area contributed by atoms with Gasteiger partial charge in [0.1, 0.15) is 10.6 Å². The summed E-state index contributed by atoms with van der Waals surface area (Å²) in [7, 11) is 0. The Bertz CT molecular complexity index is 978. The molecule has 0 unspecified atom stereocenters. The van der Waals surface area contributed by atoms with Gasteiger partial charge in [0.2, 0.25) is 0 Å². The van der Waals surface area contributed by atoms with E-state index in [0.29, 0.717) is 5.92 Å². The second kappa shape index (κ2) is 7.92. The third-order valence-corrected chi connectivity index (χ3v) is 6.85. The molecule has 0 saturated heterocycles. The van der Waals surface area contributed by atoms with Crippen LogP contribution in [0, 0.1) is 5.92 Å². The summed E-state index contributed by atoms with van der Waals surface area (Å²) < 4.78 is 1.16. The Kier molecular flexibility index (Phi) is 5.55. The van der Waals surface area contributed by atoms with Gasteiger partial charge in [-0.2, -0.15) is 0 Å². The molecule has 27 heavy (non-hydrogen) atoms. The minimum atomic E-state index is 0.574. The van der Waals surface area contributed by atoms with Crippen molar-refractivity contribution in [2.75, 3.05) is 18.1 Å². The van der Waals surface area contributed by atoms with Crippen molar-refractivity contribution in [3.05, 3.63) is 16.8 Å². The van der Waals surface area contributed by atoms with Gasteiger partial charge in [-0.05, 0) is 55.4 Å². The van der Waals surface area contributed by atoms with Crippen molar-refractivity contribution in [1.29, 1.82) is 0 Å². The minimum Gasteiger partial charge on any atom is -0.368 e. The largest absolute Gasteiger partial charge is 0.368 e. The molecule has 4 nitrogen and oxygen atoms in total. The molecule has 3 aromatic heterocycles. The molecule has 4 rings (SSSR count). The molecule has 0 aromatic carbocycles. The first-order valence-electron chi connectivity index (χ1n) is 10.0. The molecule has 3 aromatic rings. The number of rotatable bonds is 7. The maximum Gasteiger partial charge on any atom is 0.189 e. The molecule has 0 radical (unpaired) electrons. The molecule has 1 aliphatic carbocycles. The zero-order chi connectivity index (χ0) is 19.0. The molecule has 0 spiro atoms. The Labute approximate surface area is 169 Å². The quantitative estimate of drug-likeness (QED) is 0.397. The standard InChI is InChI=1S/C21H28N4S2/c1-5-6-10-15-13-8-7-9-14(13)16-17-18(27-20(16)23-15)19(22-11-12(2)3)25-21(24-17)26-4/h12H,5-11H2,1-4H3,(H,22,24,25). The van der Waals surface area contributed by atoms with Crippen molar-refractivity contribution in [2.24, 2.45) is 5.92 Å². The lowest BCUT2D eigenvalue weighted by Crippen LogP contribution is -2.09. The van der Waals surface area contributed by atoms with Gasteiger partial charge in [-0.1, -0.05) is 39.0 Å². The molecule has 0 amide bonds. The van der Waals surface area contributed by atoms with Crippen LogP contribution in [0.5, 0.6) is 0 Å². The summed E-state index contributed by atoms with van der Waals surface area (Å²) in [4.78, 5) is 16.0. The number of thioether (sulfide) groups is 1. The van der Waals surface area contributed by atoms with Gasteiger partial charge in [0.25, 0.3) is 0 Å². The summed E-state index contributed by atoms with van der Waals surface area (Å²) in [5, 5.41) is 5.70. The van der Waals surface area contributed by atoms with E-state index in [1.807, 2.05) is 6.26 Å². The number of aromatic nitrogens is 3. The normalized spacial score (nSPS) is 13.8. The topological polar surface area (TPSA) is 50.7 Å². The van der Waals surface area contributed by atoms with Gasteiger partial charge >= 0.3 is 0 Å². The van der Waals surface area contributed by atoms with E-state index >= 15 is 0 Å². The Morgan fingerprint density at radius 2 is 1.96 bits per heavy atom. The molecule has 6 heteroatoms. The first kappa shape index (κ1) is 18.9. The Morgan fingerprint density at radius 3 is 2.70 bits per heavy atom. The molecule has 0 bridgehead atoms. The van der Waals surface area contributed by atoms with Crippen molar-refractivity contribution in [1.82, 2.24) is 15.0 Å². The monoisotopic (exact) mass is 400 g/mol. The summed E-state index contributed by atoms with van der Waals surface area (Å²) in [5.41, 5.74) is 5.46. The first-order valence-corrected chi connectivity index (χ1v) is 12.1. The highest BCUT2D eigenvalue weighted by molar-refractivity contribution is 7.98. The van der Waals surface area contributed by atoms with Crippen LogP contribution in [0.4, 0.5) is 5.82 Å². The Hall–Kier alpha value is -1.40. The molecule has 1 N–H and O–H groups in total. The molecule has 0 aliphatic heterocycles. The average molecular weight is 401 g/mol. The third kappa shape index (κ3) is 3.54. The average Bonchev–Trinajstić information content (AvgIpc) is 3.27. The molecule has 144 valence electrons. The molecule has 0 fully saturated rings. The van der Waals surface area contributed by atoms with Gasteiger partial charge in [-0.25, -0.2) is 15.0 Å². The minimum absolute atomic E-state index is 0.574. The van der Waals surface area contributed by atoms with Crippen molar-refractivity contribution in [3.63, 3.8) is 0 Å². The highest BCUT2D eigenvalue weighted by Gasteiger charge is 2.24. The van der Waals surface area contributed by atoms with E-state index in [1.165, 1.54) is 47.9 Å². The number of hydrogen-bond donors (Lipinski definition) is 1. The van der Waals surface area contributed by atoms with E-state index in [0.717, 1.165) is 45.4 Å². The maximum atomic E-state index is 5.13. The number of nitrogens with zero attached hydrogens (tertiary/aromatic N) is 3. The number of hydrogen-bond acceptors (Lipinski definition) is 6. The van der Waals surface area contributed by atoms with Crippen LogP contribution in [0.2, 0.25) is 0 Å². The van der Waals surface area contributed by atoms with Crippen molar-refractivity contribution < 1.29 is 0 Å². The van der Waals surface area contributed by atoms with Gasteiger partial charge in [-0.3, -0.25) is 0 Å². The van der Waals surface area contributed by atoms with Crippen LogP contribution < -0.4 is 5.32 Å². The van der Waals surface area contributed by atoms with Crippen LogP contribution in [0.1, 0.15) is 56.9 Å². The second-order valence-electron chi connectivity index (χ2n) is 7.77. The number of thiophene rings is 1. The van der Waals surface area contributed by atoms with Crippen LogP contribution in [0.25, 0.3) is 20.4 Å². The number of anilines is 1. The predicted octanol–water partition coefficient (Wildman–Crippen LogP) is 5.86. The van der Waals surface area contributed by atoms with Gasteiger partial charge in [0.15, 0.2) is 5.16 Å². The fourth-order valence-electron chi connectivity index (χ4n) is 3.89. The number of aryl methyl sites for hydroxylation is 2. The smallest absolute Gasteiger partial charge is 0.189 e. The van der Waals surface area contributed by atoms with Crippen LogP contribution in [0.3, 0.4) is 0 Å². The molecule has 3 heterocycles. The zero-order valence-electron chi connectivity index (χ0n) is 16.7. The lowest BCUT2D eigenvalue weighted by Gasteiger charge is -2.10. The summed E-state index contributed by atoms with van der Waals surface area (Å²) in [6.07, 6.45) is 9.16. The van der Waals surface area contributed by atoms with Gasteiger partial charge < -0.3 is 5.32 Å². The highest BCUT2D eigenvalue weighted by Crippen LogP contribution is 2.42. The lowest BCUT2D eigenvalue weighted by atomic mass is 10.0. The molecule has 0 atom stereocenters. The first-order chi connectivity index (χ1) is 13.1. The van der Waals surface area contributed by atoms with E-state index in [2.05, 4.69) is 26.1 Å². The zero-order valence-corrected chi connectivity index (χ0v) is 18.3. The van der Waals surface area contributed by atoms with E-state index in [9.17, 15) is 0 Å². The summed E-state index contributed by atoms with van der Waals surface area (Å²) >= 11 is 3.38. The highest BCUT2D eigenvalue weighted by atomic mass is 32.2. The van der Waals surface area contributed by atoms with Crippen molar-refractivity contribution >= 4 is 49.3 Å². The van der Waals surface area contributed by atoms with Crippen LogP contribution in [0.15, 0.2) is 5.16 Å². The maximum absolute atomic E-state index is 5.13. The number of unbranched alkanes of at least 4 members (excludes halogenated alkanes) is 1. The molecule has 1 aliphatic rings. The van der Waals surface area contributed by atoms with E-state index in [1.54, 1.807) is 23.1 Å². The molecular formula is C21H28N4S2.